The lowest BCUT2D eigenvalue weighted by Gasteiger charge is -2.15. The van der Waals surface area contributed by atoms with E-state index >= 15 is 0 Å². The van der Waals surface area contributed by atoms with Gasteiger partial charge in [0.25, 0.3) is 0 Å². The van der Waals surface area contributed by atoms with Crippen LogP contribution in [-0.2, 0) is 0 Å². The van der Waals surface area contributed by atoms with Crippen molar-refractivity contribution < 1.29 is 4.39 Å². The van der Waals surface area contributed by atoms with Gasteiger partial charge in [0.05, 0.1) is 0 Å². The molecule has 20 heavy (non-hydrogen) atoms. The molecule has 1 N–H and O–H groups in total. The molecular weight excluding hydrogens is 269 g/mol. The molecule has 0 radical (unpaired) electrons. The average Bonchev–Trinajstić information content (AvgIpc) is 2.91. The minimum atomic E-state index is -0.169. The second-order valence-electron chi connectivity index (χ2n) is 5.06. The van der Waals surface area contributed by atoms with Crippen molar-refractivity contribution in [2.45, 2.75) is 39.7 Å². The van der Waals surface area contributed by atoms with Crippen LogP contribution in [0.5, 0.6) is 0 Å². The van der Waals surface area contributed by atoms with Crippen LogP contribution in [0.2, 0.25) is 0 Å². The van der Waals surface area contributed by atoms with Gasteiger partial charge in [-0.3, -0.25) is 0 Å². The molecule has 0 aliphatic carbocycles. The van der Waals surface area contributed by atoms with Gasteiger partial charge in [-0.1, -0.05) is 26.3 Å². The first-order valence-corrected chi connectivity index (χ1v) is 8.07. The van der Waals surface area contributed by atoms with Crippen molar-refractivity contribution in [3.05, 3.63) is 46.6 Å². The van der Waals surface area contributed by atoms with Gasteiger partial charge >= 0.3 is 0 Å². The largest absolute Gasteiger partial charge is 0.310 e. The van der Waals surface area contributed by atoms with Gasteiger partial charge in [0.2, 0.25) is 0 Å². The smallest absolute Gasteiger partial charge is 0.123 e. The number of aryl methyl sites for hydroxylation is 1. The molecular formula is C17H22FNS. The third-order valence-electron chi connectivity index (χ3n) is 3.46. The van der Waals surface area contributed by atoms with E-state index in [2.05, 4.69) is 31.3 Å². The molecule has 1 heterocycles. The minimum absolute atomic E-state index is 0.169. The summed E-state index contributed by atoms with van der Waals surface area (Å²) in [6.07, 6.45) is 2.29. The number of thiophene rings is 1. The van der Waals surface area contributed by atoms with E-state index in [1.165, 1.54) is 10.9 Å². The summed E-state index contributed by atoms with van der Waals surface area (Å²) < 4.78 is 13.4. The van der Waals surface area contributed by atoms with Crippen molar-refractivity contribution in [3.63, 3.8) is 0 Å². The van der Waals surface area contributed by atoms with Crippen molar-refractivity contribution in [1.82, 2.24) is 5.32 Å². The van der Waals surface area contributed by atoms with E-state index in [-0.39, 0.29) is 5.82 Å². The zero-order chi connectivity index (χ0) is 14.5. The van der Waals surface area contributed by atoms with Crippen LogP contribution < -0.4 is 5.32 Å². The Labute approximate surface area is 124 Å². The second-order valence-corrected chi connectivity index (χ2v) is 6.18. The molecule has 0 aliphatic rings. The Morgan fingerprint density at radius 3 is 2.70 bits per heavy atom. The molecule has 0 saturated heterocycles. The first kappa shape index (κ1) is 15.2. The van der Waals surface area contributed by atoms with Gasteiger partial charge in [-0.25, -0.2) is 4.39 Å². The summed E-state index contributed by atoms with van der Waals surface area (Å²) in [4.78, 5) is 2.49. The van der Waals surface area contributed by atoms with Gasteiger partial charge in [0.15, 0.2) is 0 Å². The predicted molar refractivity (Wildman–Crippen MR) is 85.8 cm³/mol. The lowest BCUT2D eigenvalue weighted by molar-refractivity contribution is 0.516. The molecule has 0 saturated carbocycles. The minimum Gasteiger partial charge on any atom is -0.310 e. The number of rotatable bonds is 6. The molecule has 108 valence electrons. The highest BCUT2D eigenvalue weighted by Gasteiger charge is 2.13. The molecule has 0 bridgehead atoms. The Kier molecular flexibility index (Phi) is 5.32. The van der Waals surface area contributed by atoms with Crippen molar-refractivity contribution in [2.24, 2.45) is 0 Å². The highest BCUT2D eigenvalue weighted by Crippen LogP contribution is 2.34. The van der Waals surface area contributed by atoms with Crippen LogP contribution in [0.1, 0.15) is 43.2 Å². The summed E-state index contributed by atoms with van der Waals surface area (Å²) in [7, 11) is 0. The third-order valence-corrected chi connectivity index (χ3v) is 4.70. The average molecular weight is 291 g/mol. The molecule has 1 unspecified atom stereocenters. The Morgan fingerprint density at radius 2 is 2.00 bits per heavy atom. The fourth-order valence-electron chi connectivity index (χ4n) is 2.42. The Bertz CT molecular complexity index is 556. The summed E-state index contributed by atoms with van der Waals surface area (Å²) in [6.45, 7) is 7.34. The normalized spacial score (nSPS) is 12.6. The standard InChI is InChI=1S/C17H22FNS/c1-4-6-15(19-5-2)17-10-9-16(20-17)14-11-13(18)8-7-12(14)3/h7-11,15,19H,4-6H2,1-3H3. The quantitative estimate of drug-likeness (QED) is 0.760. The van der Waals surface area contributed by atoms with Crippen LogP contribution in [0.3, 0.4) is 0 Å². The highest BCUT2D eigenvalue weighted by atomic mass is 32.1. The molecule has 1 atom stereocenters. The van der Waals surface area contributed by atoms with Gasteiger partial charge in [-0.2, -0.15) is 0 Å². The molecule has 0 fully saturated rings. The van der Waals surface area contributed by atoms with Crippen molar-refractivity contribution in [1.29, 1.82) is 0 Å². The van der Waals surface area contributed by atoms with Crippen molar-refractivity contribution >= 4 is 11.3 Å². The monoisotopic (exact) mass is 291 g/mol. The lowest BCUT2D eigenvalue weighted by atomic mass is 10.1. The highest BCUT2D eigenvalue weighted by molar-refractivity contribution is 7.15. The van der Waals surface area contributed by atoms with Crippen LogP contribution in [0.25, 0.3) is 10.4 Å². The van der Waals surface area contributed by atoms with E-state index < -0.39 is 0 Å². The zero-order valence-electron chi connectivity index (χ0n) is 12.4. The topological polar surface area (TPSA) is 12.0 Å². The summed E-state index contributed by atoms with van der Waals surface area (Å²) >= 11 is 1.77. The molecule has 0 spiro atoms. The molecule has 1 aromatic heterocycles. The summed E-state index contributed by atoms with van der Waals surface area (Å²) in [5.74, 6) is -0.169. The maximum atomic E-state index is 13.4. The maximum Gasteiger partial charge on any atom is 0.123 e. The van der Waals surface area contributed by atoms with E-state index in [1.807, 2.05) is 13.0 Å². The Balaban J connectivity index is 2.29. The van der Waals surface area contributed by atoms with E-state index in [0.717, 1.165) is 35.4 Å². The first-order valence-electron chi connectivity index (χ1n) is 7.25. The predicted octanol–water partition coefficient (Wildman–Crippen LogP) is 5.31. The van der Waals surface area contributed by atoms with Crippen molar-refractivity contribution in [3.8, 4) is 10.4 Å². The van der Waals surface area contributed by atoms with Gasteiger partial charge in [0, 0.05) is 15.8 Å². The number of nitrogens with one attached hydrogen (secondary N) is 1. The fourth-order valence-corrected chi connectivity index (χ4v) is 3.62. The van der Waals surface area contributed by atoms with Gasteiger partial charge in [0.1, 0.15) is 5.82 Å². The van der Waals surface area contributed by atoms with Crippen LogP contribution in [-0.4, -0.2) is 6.54 Å². The zero-order valence-corrected chi connectivity index (χ0v) is 13.2. The summed E-state index contributed by atoms with van der Waals surface area (Å²) in [5, 5.41) is 3.53. The molecule has 2 aromatic rings. The number of hydrogen-bond donors (Lipinski definition) is 1. The first-order chi connectivity index (χ1) is 9.65. The van der Waals surface area contributed by atoms with E-state index in [1.54, 1.807) is 17.4 Å². The fraction of sp³-hybridized carbons (Fsp3) is 0.412. The SMILES string of the molecule is CCCC(NCC)c1ccc(-c2cc(F)ccc2C)s1. The van der Waals surface area contributed by atoms with Crippen LogP contribution >= 0.6 is 11.3 Å². The molecule has 1 nitrogen and oxygen atoms in total. The van der Waals surface area contributed by atoms with Crippen LogP contribution in [0.15, 0.2) is 30.3 Å². The second kappa shape index (κ2) is 7.00. The molecule has 1 aromatic carbocycles. The number of hydrogen-bond acceptors (Lipinski definition) is 2. The van der Waals surface area contributed by atoms with Gasteiger partial charge in [-0.15, -0.1) is 11.3 Å². The summed E-state index contributed by atoms with van der Waals surface area (Å²) in [6, 6.07) is 9.70. The lowest BCUT2D eigenvalue weighted by Crippen LogP contribution is -2.19. The van der Waals surface area contributed by atoms with Crippen molar-refractivity contribution in [2.75, 3.05) is 6.54 Å². The Hall–Kier alpha value is -1.19. The van der Waals surface area contributed by atoms with Crippen LogP contribution in [0, 0.1) is 12.7 Å². The van der Waals surface area contributed by atoms with E-state index in [4.69, 9.17) is 0 Å². The molecule has 0 aliphatic heterocycles. The number of halogens is 1. The molecule has 2 rings (SSSR count). The molecule has 3 heteroatoms. The Morgan fingerprint density at radius 1 is 1.20 bits per heavy atom. The van der Waals surface area contributed by atoms with Crippen LogP contribution in [0.4, 0.5) is 4.39 Å². The van der Waals surface area contributed by atoms with E-state index in [0.29, 0.717) is 6.04 Å². The van der Waals surface area contributed by atoms with Gasteiger partial charge < -0.3 is 5.32 Å². The van der Waals surface area contributed by atoms with Gasteiger partial charge in [-0.05, 0) is 55.3 Å². The maximum absolute atomic E-state index is 13.4. The number of benzene rings is 1. The molecule has 0 amide bonds. The van der Waals surface area contributed by atoms with E-state index in [9.17, 15) is 4.39 Å². The third kappa shape index (κ3) is 3.47. The summed E-state index contributed by atoms with van der Waals surface area (Å²) in [5.41, 5.74) is 2.13.